The maximum Gasteiger partial charge on any atom is 0.223 e. The number of pyridine rings is 1. The molecule has 0 radical (unpaired) electrons. The Morgan fingerprint density at radius 2 is 2.38 bits per heavy atom. The van der Waals surface area contributed by atoms with E-state index in [9.17, 15) is 4.79 Å². The van der Waals surface area contributed by atoms with Gasteiger partial charge in [-0.1, -0.05) is 6.58 Å². The Hall–Kier alpha value is -1.51. The van der Waals surface area contributed by atoms with Crippen molar-refractivity contribution in [3.63, 3.8) is 0 Å². The van der Waals surface area contributed by atoms with E-state index in [4.69, 9.17) is 4.74 Å². The Balaban J connectivity index is 2.87. The highest BCUT2D eigenvalue weighted by atomic mass is 16.5. The van der Waals surface area contributed by atoms with Gasteiger partial charge in [-0.2, -0.15) is 0 Å². The van der Waals surface area contributed by atoms with Crippen molar-refractivity contribution in [1.29, 1.82) is 0 Å². The average Bonchev–Trinajstić information content (AvgIpc) is 2.03. The third-order valence-electron chi connectivity index (χ3n) is 1.56. The smallest absolute Gasteiger partial charge is 0.223 e. The summed E-state index contributed by atoms with van der Waals surface area (Å²) < 4.78 is 5.29. The summed E-state index contributed by atoms with van der Waals surface area (Å²) in [5.41, 5.74) is 1.54. The molecule has 70 valence electrons. The van der Waals surface area contributed by atoms with Crippen molar-refractivity contribution in [2.75, 3.05) is 6.61 Å². The molecular weight excluding hydrogens is 166 g/mol. The van der Waals surface area contributed by atoms with E-state index in [1.807, 2.05) is 6.92 Å². The molecule has 1 aromatic heterocycles. The van der Waals surface area contributed by atoms with E-state index in [0.29, 0.717) is 12.4 Å². The van der Waals surface area contributed by atoms with Gasteiger partial charge in [-0.3, -0.25) is 4.79 Å². The molecule has 3 nitrogen and oxygen atoms in total. The quantitative estimate of drug-likeness (QED) is 0.717. The molecule has 0 fully saturated rings. The van der Waals surface area contributed by atoms with Crippen molar-refractivity contribution in [2.24, 2.45) is 0 Å². The van der Waals surface area contributed by atoms with Crippen LogP contribution in [0.4, 0.5) is 0 Å². The predicted octanol–water partition coefficient (Wildman–Crippen LogP) is 1.64. The molecule has 1 heterocycles. The molecule has 1 N–H and O–H groups in total. The van der Waals surface area contributed by atoms with Crippen LogP contribution in [0.5, 0.6) is 5.75 Å². The van der Waals surface area contributed by atoms with Crippen molar-refractivity contribution < 1.29 is 4.74 Å². The zero-order chi connectivity index (χ0) is 9.84. The summed E-state index contributed by atoms with van der Waals surface area (Å²) >= 11 is 0. The number of H-pyrrole nitrogens is 1. The molecule has 13 heavy (non-hydrogen) atoms. The first kappa shape index (κ1) is 9.58. The lowest BCUT2D eigenvalue weighted by Gasteiger charge is -2.06. The highest BCUT2D eigenvalue weighted by Gasteiger charge is 2.03. The number of hydrogen-bond acceptors (Lipinski definition) is 2. The van der Waals surface area contributed by atoms with Gasteiger partial charge in [0.15, 0.2) is 5.75 Å². The molecule has 0 atom stereocenters. The van der Waals surface area contributed by atoms with Crippen LogP contribution in [0.15, 0.2) is 29.2 Å². The van der Waals surface area contributed by atoms with Crippen LogP contribution in [0.1, 0.15) is 12.6 Å². The van der Waals surface area contributed by atoms with Crippen LogP contribution in [-0.4, -0.2) is 11.6 Å². The van der Waals surface area contributed by atoms with Crippen molar-refractivity contribution in [2.45, 2.75) is 13.8 Å². The minimum absolute atomic E-state index is 0.0995. The second-order valence-corrected chi connectivity index (χ2v) is 3.04. The Bertz CT molecular complexity index is 365. The lowest BCUT2D eigenvalue weighted by Crippen LogP contribution is -2.10. The molecule has 0 aliphatic heterocycles. The Kier molecular flexibility index (Phi) is 2.90. The number of hydrogen-bond donors (Lipinski definition) is 1. The highest BCUT2D eigenvalue weighted by Crippen LogP contribution is 2.08. The summed E-state index contributed by atoms with van der Waals surface area (Å²) in [7, 11) is 0. The Labute approximate surface area is 77.1 Å². The maximum atomic E-state index is 11.3. The fourth-order valence-electron chi connectivity index (χ4n) is 0.943. The highest BCUT2D eigenvalue weighted by molar-refractivity contribution is 5.26. The molecule has 0 saturated heterocycles. The minimum atomic E-state index is -0.0995. The van der Waals surface area contributed by atoms with Crippen LogP contribution in [0, 0.1) is 6.92 Å². The van der Waals surface area contributed by atoms with Crippen LogP contribution in [0.3, 0.4) is 0 Å². The second kappa shape index (κ2) is 3.94. The van der Waals surface area contributed by atoms with E-state index < -0.39 is 0 Å². The molecule has 3 heteroatoms. The van der Waals surface area contributed by atoms with E-state index in [1.165, 1.54) is 6.07 Å². The van der Waals surface area contributed by atoms with E-state index in [1.54, 1.807) is 13.1 Å². The Morgan fingerprint density at radius 3 is 2.92 bits per heavy atom. The molecule has 0 saturated carbocycles. The van der Waals surface area contributed by atoms with Gasteiger partial charge in [0.1, 0.15) is 6.61 Å². The monoisotopic (exact) mass is 179 g/mol. The third kappa shape index (κ3) is 2.47. The van der Waals surface area contributed by atoms with Crippen LogP contribution in [0.25, 0.3) is 0 Å². The molecule has 1 aromatic rings. The van der Waals surface area contributed by atoms with Gasteiger partial charge < -0.3 is 9.72 Å². The number of nitrogens with one attached hydrogen (secondary N) is 1. The van der Waals surface area contributed by atoms with Gasteiger partial charge in [0.25, 0.3) is 0 Å². The van der Waals surface area contributed by atoms with Gasteiger partial charge in [-0.25, -0.2) is 0 Å². The van der Waals surface area contributed by atoms with Crippen molar-refractivity contribution >= 4 is 0 Å². The van der Waals surface area contributed by atoms with Crippen LogP contribution < -0.4 is 10.2 Å². The zero-order valence-corrected chi connectivity index (χ0v) is 7.89. The van der Waals surface area contributed by atoms with E-state index >= 15 is 0 Å². The number of aryl methyl sites for hydroxylation is 1. The maximum absolute atomic E-state index is 11.3. The minimum Gasteiger partial charge on any atom is -0.483 e. The summed E-state index contributed by atoms with van der Waals surface area (Å²) in [5, 5.41) is 0. The van der Waals surface area contributed by atoms with E-state index in [2.05, 4.69) is 11.6 Å². The van der Waals surface area contributed by atoms with E-state index in [0.717, 1.165) is 11.3 Å². The van der Waals surface area contributed by atoms with Crippen molar-refractivity contribution in [3.05, 3.63) is 40.3 Å². The van der Waals surface area contributed by atoms with Crippen LogP contribution in [-0.2, 0) is 0 Å². The summed E-state index contributed by atoms with van der Waals surface area (Å²) in [5.74, 6) is 0.380. The predicted molar refractivity (Wildman–Crippen MR) is 52.1 cm³/mol. The second-order valence-electron chi connectivity index (χ2n) is 3.04. The van der Waals surface area contributed by atoms with Crippen molar-refractivity contribution in [1.82, 2.24) is 4.98 Å². The number of ether oxygens (including phenoxy) is 1. The third-order valence-corrected chi connectivity index (χ3v) is 1.56. The van der Waals surface area contributed by atoms with Crippen molar-refractivity contribution in [3.8, 4) is 5.75 Å². The Morgan fingerprint density at radius 1 is 1.69 bits per heavy atom. The normalized spacial score (nSPS) is 9.69. The van der Waals surface area contributed by atoms with Crippen LogP contribution >= 0.6 is 0 Å². The fourth-order valence-corrected chi connectivity index (χ4v) is 0.943. The van der Waals surface area contributed by atoms with Gasteiger partial charge in [-0.05, 0) is 19.4 Å². The molecule has 0 spiro atoms. The standard InChI is InChI=1S/C10H13NO2/c1-7(2)6-13-10-8(3)11-5-4-9(10)12/h4-5H,1,6H2,2-3H3,(H,11,12). The first-order valence-electron chi connectivity index (χ1n) is 4.06. The molecule has 0 bridgehead atoms. The molecule has 0 aliphatic carbocycles. The van der Waals surface area contributed by atoms with Gasteiger partial charge in [0.2, 0.25) is 5.43 Å². The average molecular weight is 179 g/mol. The summed E-state index contributed by atoms with van der Waals surface area (Å²) in [6.45, 7) is 7.73. The molecule has 0 amide bonds. The number of aromatic nitrogens is 1. The fraction of sp³-hybridized carbons (Fsp3) is 0.300. The molecule has 0 aromatic carbocycles. The molecule has 1 rings (SSSR count). The first-order chi connectivity index (χ1) is 6.11. The summed E-state index contributed by atoms with van der Waals surface area (Å²) in [6.07, 6.45) is 1.60. The van der Waals surface area contributed by atoms with Gasteiger partial charge in [0, 0.05) is 12.3 Å². The van der Waals surface area contributed by atoms with Crippen LogP contribution in [0.2, 0.25) is 0 Å². The molecular formula is C10H13NO2. The lowest BCUT2D eigenvalue weighted by molar-refractivity contribution is 0.345. The first-order valence-corrected chi connectivity index (χ1v) is 4.06. The SMILES string of the molecule is C=C(C)COc1c(C)[nH]ccc1=O. The van der Waals surface area contributed by atoms with Gasteiger partial charge in [0.05, 0.1) is 5.69 Å². The van der Waals surface area contributed by atoms with Gasteiger partial charge >= 0.3 is 0 Å². The lowest BCUT2D eigenvalue weighted by atomic mass is 10.3. The summed E-state index contributed by atoms with van der Waals surface area (Å²) in [4.78, 5) is 14.2. The van der Waals surface area contributed by atoms with Gasteiger partial charge in [-0.15, -0.1) is 0 Å². The number of aromatic amines is 1. The number of rotatable bonds is 3. The van der Waals surface area contributed by atoms with E-state index in [-0.39, 0.29) is 5.43 Å². The topological polar surface area (TPSA) is 42.1 Å². The summed E-state index contributed by atoms with van der Waals surface area (Å²) in [6, 6.07) is 1.45. The molecule has 0 aliphatic rings. The zero-order valence-electron chi connectivity index (χ0n) is 7.89. The largest absolute Gasteiger partial charge is 0.483 e. The molecule has 0 unspecified atom stereocenters.